The first-order valence-corrected chi connectivity index (χ1v) is 9.89. The van der Waals surface area contributed by atoms with Crippen LogP contribution in [0.1, 0.15) is 35.7 Å². The Morgan fingerprint density at radius 1 is 1.10 bits per heavy atom. The third-order valence-electron chi connectivity index (χ3n) is 5.12. The van der Waals surface area contributed by atoms with Gasteiger partial charge in [0.05, 0.1) is 31.8 Å². The van der Waals surface area contributed by atoms with Gasteiger partial charge in [-0.05, 0) is 42.1 Å². The predicted molar refractivity (Wildman–Crippen MR) is 117 cm³/mol. The van der Waals surface area contributed by atoms with E-state index < -0.39 is 12.0 Å². The standard InChI is InChI=1S/C23H27N3O4/c1-4-5-11-26(23(24)28)19-9-8-16-10-12-25(20(16)14-19)15-18-7-6-17(22(27)30-3)13-21(18)29-2/h6-10,12-14H,4-5,11,15H2,1-3H3,(H2,24,28). The fourth-order valence-electron chi connectivity index (χ4n) is 3.46. The highest BCUT2D eigenvalue weighted by Crippen LogP contribution is 2.27. The van der Waals surface area contributed by atoms with Crippen molar-refractivity contribution in [1.82, 2.24) is 4.57 Å². The number of nitrogens with two attached hydrogens (primary N) is 1. The summed E-state index contributed by atoms with van der Waals surface area (Å²) >= 11 is 0. The fourth-order valence-corrected chi connectivity index (χ4v) is 3.46. The molecule has 3 rings (SSSR count). The first-order chi connectivity index (χ1) is 14.5. The predicted octanol–water partition coefficient (Wildman–Crippen LogP) is 4.17. The molecule has 2 aromatic carbocycles. The normalized spacial score (nSPS) is 10.8. The molecule has 0 aliphatic carbocycles. The number of hydrogen-bond acceptors (Lipinski definition) is 4. The van der Waals surface area contributed by atoms with Crippen molar-refractivity contribution >= 4 is 28.6 Å². The number of methoxy groups -OCH3 is 2. The lowest BCUT2D eigenvalue weighted by Crippen LogP contribution is -2.36. The Balaban J connectivity index is 1.95. The number of fused-ring (bicyclic) bond motifs is 1. The summed E-state index contributed by atoms with van der Waals surface area (Å²) in [4.78, 5) is 25.3. The van der Waals surface area contributed by atoms with Crippen LogP contribution in [0.2, 0.25) is 0 Å². The molecular weight excluding hydrogens is 382 g/mol. The van der Waals surface area contributed by atoms with E-state index in [9.17, 15) is 9.59 Å². The molecule has 1 heterocycles. The van der Waals surface area contributed by atoms with Gasteiger partial charge >= 0.3 is 12.0 Å². The molecule has 158 valence electrons. The smallest absolute Gasteiger partial charge is 0.337 e. The molecule has 7 nitrogen and oxygen atoms in total. The first-order valence-electron chi connectivity index (χ1n) is 9.89. The van der Waals surface area contributed by atoms with Gasteiger partial charge in [-0.3, -0.25) is 4.90 Å². The van der Waals surface area contributed by atoms with E-state index in [1.54, 1.807) is 24.1 Å². The number of primary amides is 1. The monoisotopic (exact) mass is 409 g/mol. The lowest BCUT2D eigenvalue weighted by atomic mass is 10.1. The Morgan fingerprint density at radius 3 is 2.57 bits per heavy atom. The summed E-state index contributed by atoms with van der Waals surface area (Å²) in [5.74, 6) is 0.201. The molecule has 0 saturated carbocycles. The third-order valence-corrected chi connectivity index (χ3v) is 5.12. The van der Waals surface area contributed by atoms with Crippen LogP contribution >= 0.6 is 0 Å². The highest BCUT2D eigenvalue weighted by molar-refractivity contribution is 5.94. The minimum absolute atomic E-state index is 0.408. The van der Waals surface area contributed by atoms with Crippen molar-refractivity contribution in [3.63, 3.8) is 0 Å². The summed E-state index contributed by atoms with van der Waals surface area (Å²) in [5.41, 5.74) is 8.72. The molecule has 1 aromatic heterocycles. The summed E-state index contributed by atoms with van der Waals surface area (Å²) in [6, 6.07) is 12.7. The molecule has 0 saturated heterocycles. The summed E-state index contributed by atoms with van der Waals surface area (Å²) in [7, 11) is 2.92. The number of carbonyl (C=O) groups is 2. The minimum atomic E-state index is -0.457. The zero-order valence-electron chi connectivity index (χ0n) is 17.6. The number of anilines is 1. The molecule has 0 aliphatic rings. The number of esters is 1. The van der Waals surface area contributed by atoms with E-state index in [2.05, 4.69) is 11.5 Å². The van der Waals surface area contributed by atoms with Crippen LogP contribution in [-0.2, 0) is 11.3 Å². The van der Waals surface area contributed by atoms with E-state index in [0.29, 0.717) is 24.4 Å². The van der Waals surface area contributed by atoms with Gasteiger partial charge in [0.15, 0.2) is 0 Å². The van der Waals surface area contributed by atoms with E-state index in [0.717, 1.165) is 35.0 Å². The number of urea groups is 1. The van der Waals surface area contributed by atoms with Crippen LogP contribution in [0.3, 0.4) is 0 Å². The van der Waals surface area contributed by atoms with E-state index in [4.69, 9.17) is 15.2 Å². The Bertz CT molecular complexity index is 1060. The molecule has 2 amide bonds. The number of hydrogen-bond donors (Lipinski definition) is 1. The minimum Gasteiger partial charge on any atom is -0.496 e. The van der Waals surface area contributed by atoms with E-state index in [1.807, 2.05) is 36.5 Å². The lowest BCUT2D eigenvalue weighted by molar-refractivity contribution is 0.0600. The molecule has 0 spiro atoms. The summed E-state index contributed by atoms with van der Waals surface area (Å²) in [6.07, 6.45) is 3.85. The SMILES string of the molecule is CCCCN(C(N)=O)c1ccc2ccn(Cc3ccc(C(=O)OC)cc3OC)c2c1. The van der Waals surface area contributed by atoms with Crippen LogP contribution in [-0.4, -0.2) is 37.3 Å². The van der Waals surface area contributed by atoms with Gasteiger partial charge in [0.2, 0.25) is 0 Å². The highest BCUT2D eigenvalue weighted by atomic mass is 16.5. The van der Waals surface area contributed by atoms with E-state index in [1.165, 1.54) is 7.11 Å². The molecule has 7 heteroatoms. The van der Waals surface area contributed by atoms with Gasteiger partial charge in [-0.2, -0.15) is 0 Å². The number of rotatable bonds is 8. The van der Waals surface area contributed by atoms with Crippen LogP contribution in [0.4, 0.5) is 10.5 Å². The maximum absolute atomic E-state index is 11.9. The number of benzene rings is 2. The van der Waals surface area contributed by atoms with Crippen molar-refractivity contribution in [2.45, 2.75) is 26.3 Å². The van der Waals surface area contributed by atoms with Crippen molar-refractivity contribution < 1.29 is 19.1 Å². The number of carbonyl (C=O) groups excluding carboxylic acids is 2. The van der Waals surface area contributed by atoms with Crippen molar-refractivity contribution in [2.24, 2.45) is 5.73 Å². The van der Waals surface area contributed by atoms with Gasteiger partial charge in [-0.1, -0.05) is 25.5 Å². The number of aromatic nitrogens is 1. The van der Waals surface area contributed by atoms with Crippen molar-refractivity contribution in [3.8, 4) is 5.75 Å². The molecule has 0 atom stereocenters. The van der Waals surface area contributed by atoms with Crippen molar-refractivity contribution in [2.75, 3.05) is 25.7 Å². The highest BCUT2D eigenvalue weighted by Gasteiger charge is 2.15. The molecule has 0 radical (unpaired) electrons. The Morgan fingerprint density at radius 2 is 1.90 bits per heavy atom. The molecule has 30 heavy (non-hydrogen) atoms. The van der Waals surface area contributed by atoms with Crippen molar-refractivity contribution in [3.05, 3.63) is 59.8 Å². The number of unbranched alkanes of at least 4 members (excludes halogenated alkanes) is 1. The van der Waals surface area contributed by atoms with E-state index >= 15 is 0 Å². The fraction of sp³-hybridized carbons (Fsp3) is 0.304. The molecule has 0 unspecified atom stereocenters. The first kappa shape index (κ1) is 21.2. The molecule has 2 N–H and O–H groups in total. The van der Waals surface area contributed by atoms with Crippen LogP contribution in [0.25, 0.3) is 10.9 Å². The van der Waals surface area contributed by atoms with Gasteiger partial charge < -0.3 is 19.8 Å². The Hall–Kier alpha value is -3.48. The zero-order chi connectivity index (χ0) is 21.7. The quantitative estimate of drug-likeness (QED) is 0.566. The summed E-state index contributed by atoms with van der Waals surface area (Å²) in [5, 5.41) is 1.06. The molecule has 0 aliphatic heterocycles. The maximum atomic E-state index is 11.9. The molecule has 0 fully saturated rings. The second-order valence-corrected chi connectivity index (χ2v) is 7.05. The summed E-state index contributed by atoms with van der Waals surface area (Å²) in [6.45, 7) is 3.20. The largest absolute Gasteiger partial charge is 0.496 e. The second-order valence-electron chi connectivity index (χ2n) is 7.05. The summed E-state index contributed by atoms with van der Waals surface area (Å²) < 4.78 is 12.3. The number of ether oxygens (including phenoxy) is 2. The van der Waals surface area contributed by atoms with Gasteiger partial charge in [0, 0.05) is 24.0 Å². The van der Waals surface area contributed by atoms with Crippen LogP contribution in [0.5, 0.6) is 5.75 Å². The van der Waals surface area contributed by atoms with Gasteiger partial charge in [0.1, 0.15) is 5.75 Å². The number of nitrogens with zero attached hydrogens (tertiary/aromatic N) is 2. The topological polar surface area (TPSA) is 86.8 Å². The molecule has 0 bridgehead atoms. The number of amides is 2. The van der Waals surface area contributed by atoms with Gasteiger partial charge in [0.25, 0.3) is 0 Å². The third kappa shape index (κ3) is 4.40. The average molecular weight is 409 g/mol. The Kier molecular flexibility index (Phi) is 6.61. The lowest BCUT2D eigenvalue weighted by Gasteiger charge is -2.20. The second kappa shape index (κ2) is 9.35. The maximum Gasteiger partial charge on any atom is 0.337 e. The van der Waals surface area contributed by atoms with Gasteiger partial charge in [-0.25, -0.2) is 9.59 Å². The van der Waals surface area contributed by atoms with Gasteiger partial charge in [-0.15, -0.1) is 0 Å². The van der Waals surface area contributed by atoms with Crippen LogP contribution in [0, 0.1) is 0 Å². The molecular formula is C23H27N3O4. The van der Waals surface area contributed by atoms with Crippen LogP contribution in [0.15, 0.2) is 48.7 Å². The molecule has 3 aromatic rings. The van der Waals surface area contributed by atoms with Crippen molar-refractivity contribution in [1.29, 1.82) is 0 Å². The average Bonchev–Trinajstić information content (AvgIpc) is 3.15. The van der Waals surface area contributed by atoms with E-state index in [-0.39, 0.29) is 0 Å². The Labute approximate surface area is 176 Å². The zero-order valence-corrected chi connectivity index (χ0v) is 17.6. The van der Waals surface area contributed by atoms with Crippen LogP contribution < -0.4 is 15.4 Å².